The van der Waals surface area contributed by atoms with E-state index < -0.39 is 41.4 Å². The SMILES string of the molecule is CC1C(=O)NC(=O)C1C(=O)Nc1cccc(C(F)(F)F)n1. The number of amides is 3. The molecule has 0 aromatic carbocycles. The highest BCUT2D eigenvalue weighted by atomic mass is 19.4. The van der Waals surface area contributed by atoms with Gasteiger partial charge in [0, 0.05) is 0 Å². The van der Waals surface area contributed by atoms with Gasteiger partial charge in [-0.2, -0.15) is 13.2 Å². The third-order valence-corrected chi connectivity index (χ3v) is 3.02. The van der Waals surface area contributed by atoms with E-state index in [0.29, 0.717) is 0 Å². The summed E-state index contributed by atoms with van der Waals surface area (Å²) >= 11 is 0. The summed E-state index contributed by atoms with van der Waals surface area (Å²) < 4.78 is 37.5. The number of hydrogen-bond acceptors (Lipinski definition) is 4. The quantitative estimate of drug-likeness (QED) is 0.629. The van der Waals surface area contributed by atoms with E-state index in [4.69, 9.17) is 0 Å². The topological polar surface area (TPSA) is 88.2 Å². The van der Waals surface area contributed by atoms with Gasteiger partial charge in [0.25, 0.3) is 0 Å². The van der Waals surface area contributed by atoms with Crippen molar-refractivity contribution in [2.75, 3.05) is 5.32 Å². The summed E-state index contributed by atoms with van der Waals surface area (Å²) in [5, 5.41) is 4.09. The number of imide groups is 1. The number of rotatable bonds is 2. The number of pyridine rings is 1. The molecule has 2 N–H and O–H groups in total. The predicted octanol–water partition coefficient (Wildman–Crippen LogP) is 0.948. The molecule has 9 heteroatoms. The zero-order valence-electron chi connectivity index (χ0n) is 10.7. The zero-order valence-corrected chi connectivity index (χ0v) is 10.7. The molecule has 0 spiro atoms. The summed E-state index contributed by atoms with van der Waals surface area (Å²) in [6, 6.07) is 2.99. The lowest BCUT2D eigenvalue weighted by Crippen LogP contribution is -2.32. The van der Waals surface area contributed by atoms with E-state index in [1.54, 1.807) is 0 Å². The minimum Gasteiger partial charge on any atom is -0.310 e. The number of carbonyl (C=O) groups is 3. The van der Waals surface area contributed by atoms with Crippen LogP contribution in [0.25, 0.3) is 0 Å². The second kappa shape index (κ2) is 5.15. The molecule has 1 aromatic rings. The van der Waals surface area contributed by atoms with Crippen LogP contribution < -0.4 is 10.6 Å². The molecular weight excluding hydrogens is 291 g/mol. The first kappa shape index (κ1) is 14.9. The molecule has 2 atom stereocenters. The molecule has 0 aliphatic carbocycles. The summed E-state index contributed by atoms with van der Waals surface area (Å²) in [5.41, 5.74) is -1.17. The van der Waals surface area contributed by atoms with Crippen LogP contribution >= 0.6 is 0 Å². The maximum Gasteiger partial charge on any atom is 0.433 e. The number of alkyl halides is 3. The summed E-state index contributed by atoms with van der Waals surface area (Å²) in [6.45, 7) is 1.38. The molecule has 0 bridgehead atoms. The molecule has 0 saturated carbocycles. The lowest BCUT2D eigenvalue weighted by molar-refractivity contribution is -0.141. The van der Waals surface area contributed by atoms with Crippen LogP contribution in [0.2, 0.25) is 0 Å². The minimum atomic E-state index is -4.64. The van der Waals surface area contributed by atoms with Crippen LogP contribution in [0.3, 0.4) is 0 Å². The Kier molecular flexibility index (Phi) is 3.67. The predicted molar refractivity (Wildman–Crippen MR) is 63.7 cm³/mol. The lowest BCUT2D eigenvalue weighted by Gasteiger charge is -2.12. The molecule has 1 aromatic heterocycles. The Morgan fingerprint density at radius 1 is 1.29 bits per heavy atom. The largest absolute Gasteiger partial charge is 0.433 e. The molecule has 1 aliphatic heterocycles. The van der Waals surface area contributed by atoms with E-state index in [1.807, 2.05) is 5.32 Å². The van der Waals surface area contributed by atoms with Crippen LogP contribution in [0, 0.1) is 11.8 Å². The van der Waals surface area contributed by atoms with Gasteiger partial charge in [-0.15, -0.1) is 0 Å². The molecule has 112 valence electrons. The zero-order chi connectivity index (χ0) is 15.8. The third kappa shape index (κ3) is 3.01. The maximum atomic E-state index is 12.5. The highest BCUT2D eigenvalue weighted by molar-refractivity contribution is 6.17. The van der Waals surface area contributed by atoms with Gasteiger partial charge in [0.15, 0.2) is 0 Å². The smallest absolute Gasteiger partial charge is 0.310 e. The standard InChI is InChI=1S/C12H10F3N3O3/c1-5-8(11(21)18-9(5)19)10(20)17-7-4-2-3-6(16-7)12(13,14)15/h2-5,8H,1H3,(H,16,17,20)(H,18,19,21). The van der Waals surface area contributed by atoms with Crippen molar-refractivity contribution in [1.82, 2.24) is 10.3 Å². The van der Waals surface area contributed by atoms with Gasteiger partial charge in [-0.25, -0.2) is 4.98 Å². The fourth-order valence-corrected chi connectivity index (χ4v) is 1.90. The second-order valence-corrected chi connectivity index (χ2v) is 4.51. The highest BCUT2D eigenvalue weighted by Crippen LogP contribution is 2.28. The first-order chi connectivity index (χ1) is 9.70. The van der Waals surface area contributed by atoms with Gasteiger partial charge in [0.05, 0.1) is 5.92 Å². The molecule has 2 heterocycles. The second-order valence-electron chi connectivity index (χ2n) is 4.51. The fraction of sp³-hybridized carbons (Fsp3) is 0.333. The Morgan fingerprint density at radius 2 is 1.95 bits per heavy atom. The number of carbonyl (C=O) groups excluding carboxylic acids is 3. The third-order valence-electron chi connectivity index (χ3n) is 3.02. The van der Waals surface area contributed by atoms with Gasteiger partial charge in [-0.1, -0.05) is 13.0 Å². The van der Waals surface area contributed by atoms with Crippen molar-refractivity contribution in [3.05, 3.63) is 23.9 Å². The van der Waals surface area contributed by atoms with Crippen LogP contribution in [0.5, 0.6) is 0 Å². The Balaban J connectivity index is 2.17. The van der Waals surface area contributed by atoms with Gasteiger partial charge in [0.2, 0.25) is 17.7 Å². The molecule has 0 radical (unpaired) electrons. The van der Waals surface area contributed by atoms with E-state index >= 15 is 0 Å². The van der Waals surface area contributed by atoms with Crippen molar-refractivity contribution in [3.8, 4) is 0 Å². The van der Waals surface area contributed by atoms with E-state index in [0.717, 1.165) is 18.2 Å². The Morgan fingerprint density at radius 3 is 2.48 bits per heavy atom. The van der Waals surface area contributed by atoms with Crippen molar-refractivity contribution >= 4 is 23.5 Å². The van der Waals surface area contributed by atoms with Crippen molar-refractivity contribution in [3.63, 3.8) is 0 Å². The van der Waals surface area contributed by atoms with E-state index in [-0.39, 0.29) is 5.82 Å². The summed E-state index contributed by atoms with van der Waals surface area (Å²) in [6.07, 6.45) is -4.64. The number of aromatic nitrogens is 1. The summed E-state index contributed by atoms with van der Waals surface area (Å²) in [7, 11) is 0. The normalized spacial score (nSPS) is 22.1. The summed E-state index contributed by atoms with van der Waals surface area (Å²) in [5.74, 6) is -4.77. The molecule has 2 unspecified atom stereocenters. The van der Waals surface area contributed by atoms with E-state index in [1.165, 1.54) is 6.92 Å². The van der Waals surface area contributed by atoms with Gasteiger partial charge >= 0.3 is 6.18 Å². The van der Waals surface area contributed by atoms with Crippen LogP contribution in [0.4, 0.5) is 19.0 Å². The monoisotopic (exact) mass is 301 g/mol. The molecule has 1 aliphatic rings. The van der Waals surface area contributed by atoms with Gasteiger partial charge < -0.3 is 5.32 Å². The Hall–Kier alpha value is -2.45. The fourth-order valence-electron chi connectivity index (χ4n) is 1.90. The van der Waals surface area contributed by atoms with Crippen molar-refractivity contribution < 1.29 is 27.6 Å². The molecule has 6 nitrogen and oxygen atoms in total. The average molecular weight is 301 g/mol. The van der Waals surface area contributed by atoms with Gasteiger partial charge in [0.1, 0.15) is 17.4 Å². The van der Waals surface area contributed by atoms with Gasteiger partial charge in [-0.05, 0) is 12.1 Å². The molecule has 1 fully saturated rings. The van der Waals surface area contributed by atoms with Crippen molar-refractivity contribution in [2.24, 2.45) is 11.8 Å². The molecular formula is C12H10F3N3O3. The van der Waals surface area contributed by atoms with Crippen LogP contribution in [-0.2, 0) is 20.6 Å². The molecule has 3 amide bonds. The van der Waals surface area contributed by atoms with Gasteiger partial charge in [-0.3, -0.25) is 19.7 Å². The lowest BCUT2D eigenvalue weighted by atomic mass is 9.96. The van der Waals surface area contributed by atoms with Crippen LogP contribution in [-0.4, -0.2) is 22.7 Å². The highest BCUT2D eigenvalue weighted by Gasteiger charge is 2.43. The first-order valence-corrected chi connectivity index (χ1v) is 5.90. The number of halogens is 3. The number of nitrogens with one attached hydrogen (secondary N) is 2. The maximum absolute atomic E-state index is 12.5. The van der Waals surface area contributed by atoms with E-state index in [2.05, 4.69) is 10.3 Å². The van der Waals surface area contributed by atoms with Crippen molar-refractivity contribution in [1.29, 1.82) is 0 Å². The number of anilines is 1. The number of nitrogens with zero attached hydrogens (tertiary/aromatic N) is 1. The first-order valence-electron chi connectivity index (χ1n) is 5.90. The van der Waals surface area contributed by atoms with E-state index in [9.17, 15) is 27.6 Å². The number of hydrogen-bond donors (Lipinski definition) is 2. The summed E-state index contributed by atoms with van der Waals surface area (Å²) in [4.78, 5) is 37.9. The molecule has 1 saturated heterocycles. The van der Waals surface area contributed by atoms with Crippen LogP contribution in [0.15, 0.2) is 18.2 Å². The molecule has 2 rings (SSSR count). The Labute approximate surface area is 116 Å². The average Bonchev–Trinajstić information content (AvgIpc) is 2.62. The van der Waals surface area contributed by atoms with Crippen molar-refractivity contribution in [2.45, 2.75) is 13.1 Å². The minimum absolute atomic E-state index is 0.339. The van der Waals surface area contributed by atoms with Crippen LogP contribution in [0.1, 0.15) is 12.6 Å². The molecule has 21 heavy (non-hydrogen) atoms. The Bertz CT molecular complexity index is 615.